The largest absolute Gasteiger partial charge is 0.371 e. The number of rotatable bonds is 5. The van der Waals surface area contributed by atoms with Crippen LogP contribution in [-0.2, 0) is 18.3 Å². The molecule has 20 heavy (non-hydrogen) atoms. The number of aromatic nitrogens is 2. The van der Waals surface area contributed by atoms with Crippen LogP contribution in [0.5, 0.6) is 0 Å². The summed E-state index contributed by atoms with van der Waals surface area (Å²) in [5, 5.41) is 10.8. The van der Waals surface area contributed by atoms with E-state index in [1.54, 1.807) is 4.68 Å². The number of amides is 1. The van der Waals surface area contributed by atoms with Crippen LogP contribution in [0.15, 0.2) is 6.20 Å². The molecule has 2 N–H and O–H groups in total. The van der Waals surface area contributed by atoms with E-state index in [9.17, 15) is 4.79 Å². The average Bonchev–Trinajstić information content (AvgIpc) is 2.79. The molecule has 0 aromatic carbocycles. The smallest absolute Gasteiger partial charge is 0.242 e. The third kappa shape index (κ3) is 3.74. The van der Waals surface area contributed by atoms with Gasteiger partial charge in [-0.1, -0.05) is 26.2 Å². The van der Waals surface area contributed by atoms with Crippen molar-refractivity contribution in [1.82, 2.24) is 15.1 Å². The van der Waals surface area contributed by atoms with Crippen molar-refractivity contribution in [2.24, 2.45) is 7.05 Å². The summed E-state index contributed by atoms with van der Waals surface area (Å²) < 4.78 is 1.78. The van der Waals surface area contributed by atoms with Crippen LogP contribution in [0, 0.1) is 0 Å². The summed E-state index contributed by atoms with van der Waals surface area (Å²) in [7, 11) is 1.90. The lowest BCUT2D eigenvalue weighted by Crippen LogP contribution is -2.44. The molecule has 5 heteroatoms. The molecule has 1 amide bonds. The van der Waals surface area contributed by atoms with Gasteiger partial charge in [0.05, 0.1) is 11.4 Å². The minimum Gasteiger partial charge on any atom is -0.371 e. The molecule has 1 fully saturated rings. The van der Waals surface area contributed by atoms with Crippen LogP contribution in [0.25, 0.3) is 0 Å². The number of carbonyl (C=O) groups excluding carboxylic acids is 1. The molecule has 0 spiro atoms. The first-order valence-corrected chi connectivity index (χ1v) is 7.69. The van der Waals surface area contributed by atoms with Gasteiger partial charge in [-0.05, 0) is 26.2 Å². The van der Waals surface area contributed by atoms with Crippen LogP contribution in [-0.4, -0.2) is 27.8 Å². The Balaban J connectivity index is 1.89. The minimum atomic E-state index is -0.230. The van der Waals surface area contributed by atoms with Crippen molar-refractivity contribution in [3.05, 3.63) is 11.9 Å². The molecule has 0 bridgehead atoms. The lowest BCUT2D eigenvalue weighted by atomic mass is 9.95. The van der Waals surface area contributed by atoms with Crippen LogP contribution >= 0.6 is 0 Å². The van der Waals surface area contributed by atoms with E-state index in [1.165, 1.54) is 19.3 Å². The topological polar surface area (TPSA) is 59.0 Å². The quantitative estimate of drug-likeness (QED) is 0.868. The summed E-state index contributed by atoms with van der Waals surface area (Å²) >= 11 is 0. The Labute approximate surface area is 121 Å². The molecular weight excluding hydrogens is 252 g/mol. The second-order valence-corrected chi connectivity index (χ2v) is 5.73. The van der Waals surface area contributed by atoms with Crippen molar-refractivity contribution < 1.29 is 4.79 Å². The molecule has 0 aliphatic heterocycles. The molecule has 5 nitrogen and oxygen atoms in total. The first kappa shape index (κ1) is 14.9. The fourth-order valence-electron chi connectivity index (χ4n) is 2.79. The van der Waals surface area contributed by atoms with Gasteiger partial charge in [-0.2, -0.15) is 5.10 Å². The Morgan fingerprint density at radius 2 is 2.15 bits per heavy atom. The predicted molar refractivity (Wildman–Crippen MR) is 80.7 cm³/mol. The summed E-state index contributed by atoms with van der Waals surface area (Å²) in [5.74, 6) is 0.0859. The summed E-state index contributed by atoms with van der Waals surface area (Å²) in [6, 6.07) is 0.131. The zero-order valence-corrected chi connectivity index (χ0v) is 12.8. The highest BCUT2D eigenvalue weighted by Crippen LogP contribution is 2.18. The van der Waals surface area contributed by atoms with E-state index in [1.807, 2.05) is 20.2 Å². The lowest BCUT2D eigenvalue weighted by molar-refractivity contribution is -0.122. The van der Waals surface area contributed by atoms with Gasteiger partial charge >= 0.3 is 0 Å². The Hall–Kier alpha value is -1.52. The van der Waals surface area contributed by atoms with Crippen LogP contribution in [0.1, 0.15) is 51.6 Å². The molecular formula is C15H26N4O. The fourth-order valence-corrected chi connectivity index (χ4v) is 2.79. The number of anilines is 1. The van der Waals surface area contributed by atoms with E-state index in [4.69, 9.17) is 0 Å². The van der Waals surface area contributed by atoms with E-state index in [0.717, 1.165) is 30.6 Å². The first-order valence-electron chi connectivity index (χ1n) is 7.69. The van der Waals surface area contributed by atoms with Crippen LogP contribution in [0.3, 0.4) is 0 Å². The average molecular weight is 278 g/mol. The van der Waals surface area contributed by atoms with Gasteiger partial charge < -0.3 is 10.6 Å². The number of aryl methyl sites for hydroxylation is 2. The van der Waals surface area contributed by atoms with Crippen molar-refractivity contribution in [2.75, 3.05) is 5.32 Å². The molecule has 112 valence electrons. The number of hydrogen-bond donors (Lipinski definition) is 2. The highest BCUT2D eigenvalue weighted by atomic mass is 16.2. The summed E-state index contributed by atoms with van der Waals surface area (Å²) in [4.78, 5) is 12.2. The summed E-state index contributed by atoms with van der Waals surface area (Å²) in [6.45, 7) is 3.98. The Kier molecular flexibility index (Phi) is 5.04. The van der Waals surface area contributed by atoms with E-state index in [0.29, 0.717) is 6.04 Å². The van der Waals surface area contributed by atoms with Crippen LogP contribution < -0.4 is 10.6 Å². The SMILES string of the molecule is CCc1nn(C)cc1NC(C)C(=O)NC1CCCCC1. The van der Waals surface area contributed by atoms with Crippen LogP contribution in [0.4, 0.5) is 5.69 Å². The highest BCUT2D eigenvalue weighted by Gasteiger charge is 2.20. The van der Waals surface area contributed by atoms with Crippen molar-refractivity contribution in [3.8, 4) is 0 Å². The molecule has 0 saturated heterocycles. The molecule has 1 unspecified atom stereocenters. The third-order valence-corrected chi connectivity index (χ3v) is 3.96. The van der Waals surface area contributed by atoms with Gasteiger partial charge in [-0.15, -0.1) is 0 Å². The van der Waals surface area contributed by atoms with Gasteiger partial charge in [-0.3, -0.25) is 9.48 Å². The van der Waals surface area contributed by atoms with Gasteiger partial charge in [-0.25, -0.2) is 0 Å². The Bertz CT molecular complexity index is 449. The standard InChI is InChI=1S/C15H26N4O/c1-4-13-14(10-19(3)18-13)16-11(2)15(20)17-12-8-6-5-7-9-12/h10-12,16H,4-9H2,1-3H3,(H,17,20). The summed E-state index contributed by atoms with van der Waals surface area (Å²) in [5.41, 5.74) is 1.96. The molecule has 0 radical (unpaired) electrons. The Morgan fingerprint density at radius 3 is 2.80 bits per heavy atom. The highest BCUT2D eigenvalue weighted by molar-refractivity contribution is 5.84. The maximum Gasteiger partial charge on any atom is 0.242 e. The molecule has 1 saturated carbocycles. The van der Waals surface area contributed by atoms with Crippen molar-refractivity contribution in [3.63, 3.8) is 0 Å². The number of nitrogens with zero attached hydrogens (tertiary/aromatic N) is 2. The number of hydrogen-bond acceptors (Lipinski definition) is 3. The van der Waals surface area contributed by atoms with E-state index >= 15 is 0 Å². The second-order valence-electron chi connectivity index (χ2n) is 5.73. The van der Waals surface area contributed by atoms with E-state index in [-0.39, 0.29) is 11.9 Å². The van der Waals surface area contributed by atoms with Crippen molar-refractivity contribution >= 4 is 11.6 Å². The molecule has 1 aromatic rings. The normalized spacial score (nSPS) is 17.8. The molecule has 1 heterocycles. The molecule has 1 atom stereocenters. The zero-order chi connectivity index (χ0) is 14.5. The maximum absolute atomic E-state index is 12.2. The lowest BCUT2D eigenvalue weighted by Gasteiger charge is -2.25. The van der Waals surface area contributed by atoms with Gasteiger partial charge in [0.15, 0.2) is 0 Å². The van der Waals surface area contributed by atoms with Gasteiger partial charge in [0, 0.05) is 19.3 Å². The number of carbonyl (C=O) groups is 1. The predicted octanol–water partition coefficient (Wildman–Crippen LogP) is 2.23. The Morgan fingerprint density at radius 1 is 1.45 bits per heavy atom. The van der Waals surface area contributed by atoms with Gasteiger partial charge in [0.1, 0.15) is 6.04 Å². The molecule has 1 aliphatic carbocycles. The fraction of sp³-hybridized carbons (Fsp3) is 0.733. The van der Waals surface area contributed by atoms with E-state index in [2.05, 4.69) is 22.7 Å². The molecule has 1 aromatic heterocycles. The van der Waals surface area contributed by atoms with Gasteiger partial charge in [0.25, 0.3) is 0 Å². The van der Waals surface area contributed by atoms with Gasteiger partial charge in [0.2, 0.25) is 5.91 Å². The van der Waals surface area contributed by atoms with Crippen molar-refractivity contribution in [2.45, 2.75) is 64.5 Å². The maximum atomic E-state index is 12.2. The zero-order valence-electron chi connectivity index (χ0n) is 12.8. The molecule has 1 aliphatic rings. The second kappa shape index (κ2) is 6.77. The first-order chi connectivity index (χ1) is 9.60. The third-order valence-electron chi connectivity index (χ3n) is 3.96. The van der Waals surface area contributed by atoms with Crippen LogP contribution in [0.2, 0.25) is 0 Å². The monoisotopic (exact) mass is 278 g/mol. The minimum absolute atomic E-state index is 0.0859. The van der Waals surface area contributed by atoms with E-state index < -0.39 is 0 Å². The number of nitrogens with one attached hydrogen (secondary N) is 2. The van der Waals surface area contributed by atoms with Crippen molar-refractivity contribution in [1.29, 1.82) is 0 Å². The summed E-state index contributed by atoms with van der Waals surface area (Å²) in [6.07, 6.45) is 8.79. The molecule has 2 rings (SSSR count).